The molecule has 0 saturated carbocycles. The van der Waals surface area contributed by atoms with Gasteiger partial charge in [0.2, 0.25) is 5.91 Å². The molecule has 1 aliphatic rings. The fraction of sp³-hybridized carbons (Fsp3) is 0.0833. The van der Waals surface area contributed by atoms with Gasteiger partial charge in [-0.3, -0.25) is 14.5 Å². The minimum absolute atomic E-state index is 0.175. The Balaban J connectivity index is 1.20. The van der Waals surface area contributed by atoms with Crippen molar-refractivity contribution in [3.63, 3.8) is 0 Å². The van der Waals surface area contributed by atoms with Crippen LogP contribution in [0.3, 0.4) is 0 Å². The van der Waals surface area contributed by atoms with E-state index in [0.29, 0.717) is 44.4 Å². The molecule has 1 aliphatic heterocycles. The van der Waals surface area contributed by atoms with Gasteiger partial charge >= 0.3 is 5.97 Å². The molecule has 8 nitrogen and oxygen atoms in total. The highest BCUT2D eigenvalue weighted by Crippen LogP contribution is 2.32. The molecule has 1 unspecified atom stereocenters. The molecular weight excluding hydrogens is 584 g/mol. The number of carbonyl (C=O) groups excluding carboxylic acids is 2. The van der Waals surface area contributed by atoms with E-state index in [0.717, 1.165) is 11.1 Å². The number of benzene rings is 4. The molecule has 2 heterocycles. The van der Waals surface area contributed by atoms with Gasteiger partial charge in [-0.15, -0.1) is 0 Å². The lowest BCUT2D eigenvalue weighted by molar-refractivity contribution is -0.115. The number of carbonyl (C=O) groups is 3. The van der Waals surface area contributed by atoms with Crippen molar-refractivity contribution in [1.29, 1.82) is 0 Å². The van der Waals surface area contributed by atoms with E-state index in [-0.39, 0.29) is 17.4 Å². The Morgan fingerprint density at radius 2 is 1.64 bits per heavy atom. The van der Waals surface area contributed by atoms with E-state index >= 15 is 0 Å². The standard InChI is InChI=1S/C36H28N4O4S/c1-22-9-8-10-24(19-22)20-32-34(42)40(27-11-4-3-5-12-27)36(39-32)45-23(2)33(41)37-26-17-15-25(16-18-26)31-21-29(35(43)44)28-13-6-7-14-30(28)38-31/h3-21,23H,1-2H3,(H,37,41)(H,43,44)/b32-20-. The number of hydrogen-bond donors (Lipinski definition) is 2. The van der Waals surface area contributed by atoms with Gasteiger partial charge in [-0.1, -0.05) is 90.1 Å². The molecule has 0 aliphatic carbocycles. The molecule has 222 valence electrons. The number of anilines is 2. The summed E-state index contributed by atoms with van der Waals surface area (Å²) in [6.45, 7) is 3.75. The molecule has 1 atom stereocenters. The maximum atomic E-state index is 13.5. The zero-order valence-corrected chi connectivity index (χ0v) is 25.3. The van der Waals surface area contributed by atoms with Gasteiger partial charge in [0, 0.05) is 16.6 Å². The van der Waals surface area contributed by atoms with E-state index in [1.54, 1.807) is 61.5 Å². The molecule has 0 spiro atoms. The second-order valence-electron chi connectivity index (χ2n) is 10.5. The minimum atomic E-state index is -1.03. The third-order valence-electron chi connectivity index (χ3n) is 7.24. The first kappa shape index (κ1) is 29.5. The Bertz CT molecular complexity index is 2010. The van der Waals surface area contributed by atoms with Gasteiger partial charge in [0.05, 0.1) is 27.7 Å². The van der Waals surface area contributed by atoms with Crippen LogP contribution in [0.15, 0.2) is 120 Å². The zero-order chi connectivity index (χ0) is 31.5. The molecule has 45 heavy (non-hydrogen) atoms. The van der Waals surface area contributed by atoms with E-state index in [1.807, 2.05) is 67.6 Å². The van der Waals surface area contributed by atoms with Crippen LogP contribution in [0, 0.1) is 6.92 Å². The molecule has 4 aromatic carbocycles. The lowest BCUT2D eigenvalue weighted by atomic mass is 10.0. The first-order valence-electron chi connectivity index (χ1n) is 14.2. The molecule has 0 bridgehead atoms. The van der Waals surface area contributed by atoms with Gasteiger partial charge in [-0.05, 0) is 61.9 Å². The smallest absolute Gasteiger partial charge is 0.336 e. The zero-order valence-electron chi connectivity index (χ0n) is 24.5. The summed E-state index contributed by atoms with van der Waals surface area (Å²) in [4.78, 5) is 49.5. The predicted molar refractivity (Wildman–Crippen MR) is 180 cm³/mol. The fourth-order valence-electron chi connectivity index (χ4n) is 4.98. The molecule has 9 heteroatoms. The minimum Gasteiger partial charge on any atom is -0.478 e. The molecule has 2 amide bonds. The Hall–Kier alpha value is -5.54. The summed E-state index contributed by atoms with van der Waals surface area (Å²) in [6.07, 6.45) is 1.76. The first-order valence-corrected chi connectivity index (χ1v) is 15.1. The Kier molecular flexibility index (Phi) is 8.26. The van der Waals surface area contributed by atoms with E-state index < -0.39 is 11.2 Å². The molecule has 5 aromatic rings. The van der Waals surface area contributed by atoms with Crippen molar-refractivity contribution < 1.29 is 19.5 Å². The van der Waals surface area contributed by atoms with Crippen molar-refractivity contribution in [3.8, 4) is 11.3 Å². The maximum absolute atomic E-state index is 13.5. The number of aryl methyl sites for hydroxylation is 1. The van der Waals surface area contributed by atoms with Crippen molar-refractivity contribution >= 4 is 63.1 Å². The number of carboxylic acid groups (broad SMARTS) is 1. The average Bonchev–Trinajstić information content (AvgIpc) is 3.34. The van der Waals surface area contributed by atoms with Crippen molar-refractivity contribution in [1.82, 2.24) is 4.98 Å². The highest BCUT2D eigenvalue weighted by Gasteiger charge is 2.34. The summed E-state index contributed by atoms with van der Waals surface area (Å²) in [6, 6.07) is 32.8. The number of rotatable bonds is 7. The summed E-state index contributed by atoms with van der Waals surface area (Å²) < 4.78 is 0. The number of amidine groups is 1. The summed E-state index contributed by atoms with van der Waals surface area (Å²) in [5.74, 6) is -1.55. The quantitative estimate of drug-likeness (QED) is 0.185. The van der Waals surface area contributed by atoms with Crippen LogP contribution in [-0.2, 0) is 9.59 Å². The van der Waals surface area contributed by atoms with E-state index in [1.165, 1.54) is 16.7 Å². The number of carboxylic acids is 1. The van der Waals surface area contributed by atoms with Crippen molar-refractivity contribution in [3.05, 3.63) is 132 Å². The molecule has 0 radical (unpaired) electrons. The highest BCUT2D eigenvalue weighted by atomic mass is 32.2. The summed E-state index contributed by atoms with van der Waals surface area (Å²) >= 11 is 1.20. The third-order valence-corrected chi connectivity index (χ3v) is 8.29. The van der Waals surface area contributed by atoms with Crippen LogP contribution in [0.2, 0.25) is 0 Å². The second-order valence-corrected chi connectivity index (χ2v) is 11.8. The number of amides is 2. The number of para-hydroxylation sites is 2. The summed E-state index contributed by atoms with van der Waals surface area (Å²) in [5.41, 5.74) is 5.47. The topological polar surface area (TPSA) is 112 Å². The molecule has 1 aromatic heterocycles. The lowest BCUT2D eigenvalue weighted by Gasteiger charge is -2.20. The SMILES string of the molecule is Cc1cccc(/C=C2\N=C(SC(C)C(=O)Nc3ccc(-c4cc(C(=O)O)c5ccccc5n4)cc3)N(c3ccccc3)C2=O)c1. The van der Waals surface area contributed by atoms with Gasteiger partial charge in [-0.25, -0.2) is 14.8 Å². The molecule has 2 N–H and O–H groups in total. The van der Waals surface area contributed by atoms with E-state index in [2.05, 4.69) is 15.3 Å². The number of pyridine rings is 1. The Morgan fingerprint density at radius 1 is 0.911 bits per heavy atom. The van der Waals surface area contributed by atoms with Gasteiger partial charge in [-0.2, -0.15) is 0 Å². The number of fused-ring (bicyclic) bond motifs is 1. The van der Waals surface area contributed by atoms with Gasteiger partial charge in [0.25, 0.3) is 5.91 Å². The van der Waals surface area contributed by atoms with Crippen LogP contribution in [0.5, 0.6) is 0 Å². The summed E-state index contributed by atoms with van der Waals surface area (Å²) in [7, 11) is 0. The van der Waals surface area contributed by atoms with Crippen LogP contribution < -0.4 is 10.2 Å². The van der Waals surface area contributed by atoms with Crippen LogP contribution in [0.25, 0.3) is 28.2 Å². The number of hydrogen-bond acceptors (Lipinski definition) is 6. The lowest BCUT2D eigenvalue weighted by Crippen LogP contribution is -2.33. The normalized spacial score (nSPS) is 14.4. The average molecular weight is 613 g/mol. The Labute approximate surface area is 264 Å². The first-order chi connectivity index (χ1) is 21.8. The number of nitrogens with one attached hydrogen (secondary N) is 1. The molecule has 6 rings (SSSR count). The molecular formula is C36H28N4O4S. The van der Waals surface area contributed by atoms with Gasteiger partial charge < -0.3 is 10.4 Å². The molecule has 0 fully saturated rings. The van der Waals surface area contributed by atoms with Crippen LogP contribution in [0.4, 0.5) is 11.4 Å². The number of aromatic nitrogens is 1. The van der Waals surface area contributed by atoms with Crippen molar-refractivity contribution in [2.75, 3.05) is 10.2 Å². The monoisotopic (exact) mass is 612 g/mol. The van der Waals surface area contributed by atoms with Crippen molar-refractivity contribution in [2.45, 2.75) is 19.1 Å². The number of nitrogens with zero attached hydrogens (tertiary/aromatic N) is 3. The third kappa shape index (κ3) is 6.39. The van der Waals surface area contributed by atoms with E-state index in [4.69, 9.17) is 0 Å². The Morgan fingerprint density at radius 3 is 2.38 bits per heavy atom. The maximum Gasteiger partial charge on any atom is 0.336 e. The van der Waals surface area contributed by atoms with Crippen LogP contribution in [-0.4, -0.2) is 38.3 Å². The van der Waals surface area contributed by atoms with E-state index in [9.17, 15) is 19.5 Å². The predicted octanol–water partition coefficient (Wildman–Crippen LogP) is 7.41. The van der Waals surface area contributed by atoms with Gasteiger partial charge in [0.15, 0.2) is 5.17 Å². The van der Waals surface area contributed by atoms with Crippen molar-refractivity contribution in [2.24, 2.45) is 4.99 Å². The van der Waals surface area contributed by atoms with Crippen LogP contribution >= 0.6 is 11.8 Å². The highest BCUT2D eigenvalue weighted by molar-refractivity contribution is 8.15. The fourth-order valence-corrected chi connectivity index (χ4v) is 5.90. The largest absolute Gasteiger partial charge is 0.478 e. The number of aliphatic imine (C=N–C) groups is 1. The second kappa shape index (κ2) is 12.6. The van der Waals surface area contributed by atoms with Gasteiger partial charge in [0.1, 0.15) is 5.70 Å². The van der Waals surface area contributed by atoms with Crippen LogP contribution in [0.1, 0.15) is 28.4 Å². The summed E-state index contributed by atoms with van der Waals surface area (Å²) in [5, 5.41) is 13.1. The molecule has 0 saturated heterocycles. The number of aromatic carboxylic acids is 1. The number of thioether (sulfide) groups is 1.